The SMILES string of the molecule is CC(C)[C@H](C)/C=C/C(C)[C@H]1CCC(=O)C23CC(=O)C4=CC(=O)CC[C@]4(C)[C@H]2CC[C@]13C. The van der Waals surface area contributed by atoms with Crippen molar-refractivity contribution in [1.82, 2.24) is 0 Å². The average molecular weight is 425 g/mol. The zero-order valence-electron chi connectivity index (χ0n) is 20.3. The standard InChI is InChI=1S/C28H40O3/c1-17(2)18(3)7-8-19(4)21-9-10-25(31)28-16-23(30)22-15-20(29)11-13-26(22,5)24(28)12-14-27(21,28)6/h7-8,15,17-19,21,24H,9-14,16H2,1-6H3/b8-7+/t18-,19?,21-,24-,26+,27-,28?/m1/s1. The van der Waals surface area contributed by atoms with Gasteiger partial charge in [-0.1, -0.05) is 53.7 Å². The first-order valence-electron chi connectivity index (χ1n) is 12.5. The molecule has 4 rings (SSSR count). The predicted octanol–water partition coefficient (Wildman–Crippen LogP) is 6.12. The molecule has 1 spiro atoms. The highest BCUT2D eigenvalue weighted by atomic mass is 16.1. The van der Waals surface area contributed by atoms with Crippen LogP contribution in [0.15, 0.2) is 23.8 Å². The second kappa shape index (κ2) is 7.52. The molecule has 7 atom stereocenters. The van der Waals surface area contributed by atoms with Crippen LogP contribution < -0.4 is 0 Å². The highest BCUT2D eigenvalue weighted by molar-refractivity contribution is 6.08. The zero-order chi connectivity index (χ0) is 22.8. The van der Waals surface area contributed by atoms with Gasteiger partial charge in [-0.2, -0.15) is 0 Å². The normalized spacial score (nSPS) is 42.3. The minimum absolute atomic E-state index is 0.0607. The first-order valence-corrected chi connectivity index (χ1v) is 12.5. The Labute approximate surface area is 188 Å². The maximum Gasteiger partial charge on any atom is 0.160 e. The smallest absolute Gasteiger partial charge is 0.160 e. The molecule has 0 aromatic heterocycles. The van der Waals surface area contributed by atoms with Crippen LogP contribution in [0.3, 0.4) is 0 Å². The van der Waals surface area contributed by atoms with Crippen molar-refractivity contribution in [3.8, 4) is 0 Å². The minimum Gasteiger partial charge on any atom is -0.299 e. The lowest BCUT2D eigenvalue weighted by molar-refractivity contribution is -0.164. The molecule has 0 N–H and O–H groups in total. The van der Waals surface area contributed by atoms with Gasteiger partial charge in [0.2, 0.25) is 0 Å². The number of ketones is 3. The van der Waals surface area contributed by atoms with Crippen molar-refractivity contribution in [2.75, 3.05) is 0 Å². The molecule has 3 fully saturated rings. The second-order valence-electron chi connectivity index (χ2n) is 11.9. The van der Waals surface area contributed by atoms with Crippen LogP contribution in [0, 0.1) is 45.8 Å². The van der Waals surface area contributed by atoms with Crippen molar-refractivity contribution < 1.29 is 14.4 Å². The quantitative estimate of drug-likeness (QED) is 0.511. The molecule has 3 heteroatoms. The molecule has 3 saturated carbocycles. The van der Waals surface area contributed by atoms with Crippen LogP contribution in [0.4, 0.5) is 0 Å². The maximum absolute atomic E-state index is 13.7. The molecule has 0 aliphatic heterocycles. The average Bonchev–Trinajstić information content (AvgIpc) is 3.03. The summed E-state index contributed by atoms with van der Waals surface area (Å²) in [5.41, 5.74) is -0.310. The molecule has 0 heterocycles. The van der Waals surface area contributed by atoms with E-state index in [4.69, 9.17) is 0 Å². The Hall–Kier alpha value is -1.51. The molecule has 0 aromatic carbocycles. The monoisotopic (exact) mass is 424 g/mol. The summed E-state index contributed by atoms with van der Waals surface area (Å²) in [7, 11) is 0. The Balaban J connectivity index is 1.74. The van der Waals surface area contributed by atoms with E-state index in [2.05, 4.69) is 53.7 Å². The van der Waals surface area contributed by atoms with E-state index in [1.54, 1.807) is 6.08 Å². The number of carbonyl (C=O) groups excluding carboxylic acids is 3. The van der Waals surface area contributed by atoms with Gasteiger partial charge in [0, 0.05) is 35.7 Å². The molecular weight excluding hydrogens is 384 g/mol. The molecule has 2 unspecified atom stereocenters. The summed E-state index contributed by atoms with van der Waals surface area (Å²) in [6.07, 6.45) is 11.4. The molecule has 31 heavy (non-hydrogen) atoms. The summed E-state index contributed by atoms with van der Waals surface area (Å²) in [5.74, 6) is 2.60. The largest absolute Gasteiger partial charge is 0.299 e. The summed E-state index contributed by atoms with van der Waals surface area (Å²) >= 11 is 0. The number of rotatable bonds is 4. The van der Waals surface area contributed by atoms with Crippen molar-refractivity contribution >= 4 is 17.3 Å². The fraction of sp³-hybridized carbons (Fsp3) is 0.750. The van der Waals surface area contributed by atoms with Crippen LogP contribution in [-0.2, 0) is 14.4 Å². The second-order valence-corrected chi connectivity index (χ2v) is 11.9. The molecule has 0 bridgehead atoms. The minimum atomic E-state index is -0.550. The third kappa shape index (κ3) is 3.09. The molecule has 0 saturated heterocycles. The Morgan fingerprint density at radius 3 is 2.35 bits per heavy atom. The third-order valence-corrected chi connectivity index (χ3v) is 10.3. The van der Waals surface area contributed by atoms with Gasteiger partial charge in [-0.3, -0.25) is 14.4 Å². The van der Waals surface area contributed by atoms with Crippen molar-refractivity contribution in [3.05, 3.63) is 23.8 Å². The van der Waals surface area contributed by atoms with Crippen LogP contribution >= 0.6 is 0 Å². The van der Waals surface area contributed by atoms with Crippen LogP contribution in [0.2, 0.25) is 0 Å². The molecule has 0 amide bonds. The summed E-state index contributed by atoms with van der Waals surface area (Å²) in [6.45, 7) is 13.6. The summed E-state index contributed by atoms with van der Waals surface area (Å²) in [6, 6.07) is 0. The molecule has 170 valence electrons. The number of hydrogen-bond acceptors (Lipinski definition) is 3. The molecule has 4 aliphatic rings. The van der Waals surface area contributed by atoms with Gasteiger partial charge in [-0.15, -0.1) is 0 Å². The van der Waals surface area contributed by atoms with E-state index in [1.165, 1.54) is 0 Å². The molecule has 3 nitrogen and oxygen atoms in total. The van der Waals surface area contributed by atoms with Crippen molar-refractivity contribution in [3.63, 3.8) is 0 Å². The topological polar surface area (TPSA) is 51.2 Å². The Morgan fingerprint density at radius 1 is 0.968 bits per heavy atom. The Bertz CT molecular complexity index is 863. The van der Waals surface area contributed by atoms with Gasteiger partial charge in [-0.25, -0.2) is 0 Å². The van der Waals surface area contributed by atoms with E-state index in [1.807, 2.05) is 0 Å². The van der Waals surface area contributed by atoms with E-state index in [9.17, 15) is 14.4 Å². The van der Waals surface area contributed by atoms with E-state index < -0.39 is 5.41 Å². The third-order valence-electron chi connectivity index (χ3n) is 10.3. The van der Waals surface area contributed by atoms with Gasteiger partial charge in [0.1, 0.15) is 5.78 Å². The maximum atomic E-state index is 13.7. The van der Waals surface area contributed by atoms with Gasteiger partial charge in [0.25, 0.3) is 0 Å². The summed E-state index contributed by atoms with van der Waals surface area (Å²) in [5, 5.41) is 0. The van der Waals surface area contributed by atoms with Crippen molar-refractivity contribution in [2.24, 2.45) is 45.8 Å². The number of carbonyl (C=O) groups is 3. The van der Waals surface area contributed by atoms with Gasteiger partial charge in [-0.05, 0) is 66.8 Å². The summed E-state index contributed by atoms with van der Waals surface area (Å²) < 4.78 is 0. The van der Waals surface area contributed by atoms with E-state index in [0.29, 0.717) is 55.1 Å². The first-order chi connectivity index (χ1) is 14.5. The number of fused-ring (bicyclic) bond motifs is 2. The van der Waals surface area contributed by atoms with Gasteiger partial charge in [0.05, 0.1) is 0 Å². The number of Topliss-reactive ketones (excluding diaryl/α,β-unsaturated/α-hetero) is 2. The van der Waals surface area contributed by atoms with E-state index in [-0.39, 0.29) is 28.3 Å². The molecule has 0 radical (unpaired) electrons. The predicted molar refractivity (Wildman–Crippen MR) is 123 cm³/mol. The van der Waals surface area contributed by atoms with Crippen LogP contribution in [0.1, 0.15) is 86.5 Å². The highest BCUT2D eigenvalue weighted by Crippen LogP contribution is 2.73. The lowest BCUT2D eigenvalue weighted by Gasteiger charge is -2.60. The van der Waals surface area contributed by atoms with Crippen LogP contribution in [0.5, 0.6) is 0 Å². The van der Waals surface area contributed by atoms with Gasteiger partial charge >= 0.3 is 0 Å². The number of allylic oxidation sites excluding steroid dienone is 4. The highest BCUT2D eigenvalue weighted by Gasteiger charge is 2.72. The summed E-state index contributed by atoms with van der Waals surface area (Å²) in [4.78, 5) is 39.3. The fourth-order valence-corrected chi connectivity index (χ4v) is 8.03. The van der Waals surface area contributed by atoms with E-state index in [0.717, 1.165) is 24.8 Å². The van der Waals surface area contributed by atoms with Crippen molar-refractivity contribution in [1.29, 1.82) is 0 Å². The van der Waals surface area contributed by atoms with Crippen LogP contribution in [-0.4, -0.2) is 17.3 Å². The van der Waals surface area contributed by atoms with Crippen molar-refractivity contribution in [2.45, 2.75) is 86.5 Å². The zero-order valence-corrected chi connectivity index (χ0v) is 20.3. The lowest BCUT2D eigenvalue weighted by Crippen LogP contribution is -2.61. The fourth-order valence-electron chi connectivity index (χ4n) is 8.03. The lowest BCUT2D eigenvalue weighted by atomic mass is 9.41. The molecular formula is C28H40O3. The molecule has 4 aliphatic carbocycles. The van der Waals surface area contributed by atoms with Gasteiger partial charge in [0.15, 0.2) is 11.6 Å². The Kier molecular flexibility index (Phi) is 5.50. The Morgan fingerprint density at radius 2 is 1.68 bits per heavy atom. The number of hydrogen-bond donors (Lipinski definition) is 0. The first kappa shape index (κ1) is 22.7. The van der Waals surface area contributed by atoms with Gasteiger partial charge < -0.3 is 0 Å². The van der Waals surface area contributed by atoms with E-state index >= 15 is 0 Å². The van der Waals surface area contributed by atoms with Crippen LogP contribution in [0.25, 0.3) is 0 Å². The molecule has 0 aromatic rings.